The van der Waals surface area contributed by atoms with E-state index in [0.717, 1.165) is 11.1 Å². The van der Waals surface area contributed by atoms with Crippen LogP contribution in [0.2, 0.25) is 0 Å². The minimum atomic E-state index is -1.60. The summed E-state index contributed by atoms with van der Waals surface area (Å²) in [6.07, 6.45) is 0. The van der Waals surface area contributed by atoms with Crippen LogP contribution in [-0.4, -0.2) is 32.7 Å². The molecule has 1 aliphatic rings. The Balaban J connectivity index is 1.88. The van der Waals surface area contributed by atoms with Gasteiger partial charge in [0, 0.05) is 24.2 Å². The predicted octanol–water partition coefficient (Wildman–Crippen LogP) is 1.75. The fourth-order valence-corrected chi connectivity index (χ4v) is 2.84. The lowest BCUT2D eigenvalue weighted by Crippen LogP contribution is -2.28. The number of carbonyl (C=O) groups excluding carboxylic acids is 1. The van der Waals surface area contributed by atoms with Crippen LogP contribution in [0.25, 0.3) is 0 Å². The molecule has 1 aliphatic heterocycles. The van der Waals surface area contributed by atoms with Crippen LogP contribution >= 0.6 is 0 Å². The van der Waals surface area contributed by atoms with Crippen molar-refractivity contribution < 1.29 is 20.1 Å². The zero-order chi connectivity index (χ0) is 16.6. The topological polar surface area (TPSA) is 81.0 Å². The molecule has 2 aromatic carbocycles. The summed E-state index contributed by atoms with van der Waals surface area (Å²) in [4.78, 5) is 14.4. The average molecular weight is 313 g/mol. The van der Waals surface area contributed by atoms with E-state index in [2.05, 4.69) is 0 Å². The fraction of sp³-hybridized carbons (Fsp3) is 0.278. The Morgan fingerprint density at radius 2 is 1.78 bits per heavy atom. The van der Waals surface area contributed by atoms with E-state index in [1.165, 1.54) is 25.1 Å². The lowest BCUT2D eigenvalue weighted by molar-refractivity contribution is -0.00404. The molecule has 0 radical (unpaired) electrons. The van der Waals surface area contributed by atoms with Crippen LogP contribution in [0.15, 0.2) is 42.5 Å². The van der Waals surface area contributed by atoms with Crippen molar-refractivity contribution in [3.8, 4) is 5.75 Å². The third-order valence-electron chi connectivity index (χ3n) is 4.26. The van der Waals surface area contributed by atoms with Gasteiger partial charge in [0.05, 0.1) is 6.61 Å². The molecule has 3 rings (SSSR count). The summed E-state index contributed by atoms with van der Waals surface area (Å²) in [5.74, 6) is -0.318. The summed E-state index contributed by atoms with van der Waals surface area (Å²) in [7, 11) is 0. The summed E-state index contributed by atoms with van der Waals surface area (Å²) in [6.45, 7) is 1.93. The van der Waals surface area contributed by atoms with Crippen LogP contribution in [0.4, 0.5) is 0 Å². The van der Waals surface area contributed by atoms with Crippen molar-refractivity contribution >= 4 is 5.91 Å². The number of phenols is 1. The van der Waals surface area contributed by atoms with Crippen LogP contribution < -0.4 is 0 Å². The highest BCUT2D eigenvalue weighted by atomic mass is 16.3. The van der Waals surface area contributed by atoms with Gasteiger partial charge in [0.15, 0.2) is 0 Å². The first kappa shape index (κ1) is 15.5. The van der Waals surface area contributed by atoms with E-state index in [1.807, 2.05) is 24.3 Å². The normalized spacial score (nSPS) is 16.0. The van der Waals surface area contributed by atoms with Gasteiger partial charge in [-0.05, 0) is 36.2 Å². The minimum absolute atomic E-state index is 0.141. The van der Waals surface area contributed by atoms with Crippen molar-refractivity contribution in [1.29, 1.82) is 0 Å². The molecule has 120 valence electrons. The summed E-state index contributed by atoms with van der Waals surface area (Å²) < 4.78 is 0. The number of carbonyl (C=O) groups is 1. The van der Waals surface area contributed by atoms with E-state index < -0.39 is 12.2 Å². The number of hydrogen-bond donors (Lipinski definition) is 3. The van der Waals surface area contributed by atoms with Crippen LogP contribution in [0.3, 0.4) is 0 Å². The Bertz CT molecular complexity index is 729. The van der Waals surface area contributed by atoms with E-state index in [-0.39, 0.29) is 17.2 Å². The molecule has 1 atom stereocenters. The summed E-state index contributed by atoms with van der Waals surface area (Å²) in [5, 5.41) is 29.3. The summed E-state index contributed by atoms with van der Waals surface area (Å²) >= 11 is 0. The Morgan fingerprint density at radius 3 is 2.35 bits per heavy atom. The lowest BCUT2D eigenvalue weighted by Gasteiger charge is -2.23. The van der Waals surface area contributed by atoms with Crippen molar-refractivity contribution in [2.75, 3.05) is 6.61 Å². The number of aliphatic hydroxyl groups excluding tert-OH is 1. The highest BCUT2D eigenvalue weighted by molar-refractivity contribution is 5.95. The summed E-state index contributed by atoms with van der Waals surface area (Å²) in [5.41, 5.74) is 1.17. The molecule has 0 spiro atoms. The number of hydrogen-bond acceptors (Lipinski definition) is 4. The van der Waals surface area contributed by atoms with E-state index in [0.29, 0.717) is 18.7 Å². The molecule has 2 aromatic rings. The number of fused-ring (bicyclic) bond motifs is 1. The second-order valence-electron chi connectivity index (χ2n) is 6.09. The Hall–Kier alpha value is -2.37. The molecule has 3 N–H and O–H groups in total. The Morgan fingerprint density at radius 1 is 1.17 bits per heavy atom. The van der Waals surface area contributed by atoms with Gasteiger partial charge in [-0.25, -0.2) is 0 Å². The van der Waals surface area contributed by atoms with Crippen LogP contribution in [0, 0.1) is 0 Å². The number of nitrogens with zero attached hydrogens (tertiary/aromatic N) is 1. The smallest absolute Gasteiger partial charge is 0.254 e. The second-order valence-corrected chi connectivity index (χ2v) is 6.09. The maximum absolute atomic E-state index is 12.7. The highest BCUT2D eigenvalue weighted by Crippen LogP contribution is 2.31. The van der Waals surface area contributed by atoms with Crippen molar-refractivity contribution in [2.24, 2.45) is 0 Å². The number of benzene rings is 2. The lowest BCUT2D eigenvalue weighted by atomic mass is 9.94. The zero-order valence-electron chi connectivity index (χ0n) is 12.9. The quantitative estimate of drug-likeness (QED) is 0.806. The standard InChI is InChI=1S/C18H19NO4/c1-18(23,11-20)15-8-12(6-7-16(15)21)17(22)19-9-13-4-2-3-5-14(13)10-19/h2-8,20-21,23H,9-11H2,1H3. The van der Waals surface area contributed by atoms with Gasteiger partial charge in [0.25, 0.3) is 5.91 Å². The molecule has 1 heterocycles. The predicted molar refractivity (Wildman–Crippen MR) is 84.8 cm³/mol. The van der Waals surface area contributed by atoms with Crippen LogP contribution in [-0.2, 0) is 18.7 Å². The first-order valence-corrected chi connectivity index (χ1v) is 7.45. The molecule has 1 amide bonds. The van der Waals surface area contributed by atoms with Gasteiger partial charge >= 0.3 is 0 Å². The SMILES string of the molecule is CC(O)(CO)c1cc(C(=O)N2Cc3ccccc3C2)ccc1O. The van der Waals surface area contributed by atoms with Gasteiger partial charge in [0.1, 0.15) is 11.4 Å². The zero-order valence-corrected chi connectivity index (χ0v) is 12.9. The molecule has 0 aromatic heterocycles. The molecule has 0 saturated heterocycles. The fourth-order valence-electron chi connectivity index (χ4n) is 2.84. The number of phenolic OH excluding ortho intramolecular Hbond substituents is 1. The molecule has 0 fully saturated rings. The van der Waals surface area contributed by atoms with Crippen LogP contribution in [0.1, 0.15) is 34.0 Å². The first-order valence-electron chi connectivity index (χ1n) is 7.45. The van der Waals surface area contributed by atoms with E-state index in [4.69, 9.17) is 0 Å². The number of aliphatic hydroxyl groups is 2. The molecular weight excluding hydrogens is 294 g/mol. The van der Waals surface area contributed by atoms with Gasteiger partial charge in [0.2, 0.25) is 0 Å². The van der Waals surface area contributed by atoms with Crippen molar-refractivity contribution in [2.45, 2.75) is 25.6 Å². The van der Waals surface area contributed by atoms with Gasteiger partial charge in [-0.15, -0.1) is 0 Å². The molecule has 0 saturated carbocycles. The molecule has 5 heteroatoms. The Labute approximate surface area is 134 Å². The van der Waals surface area contributed by atoms with Gasteiger partial charge in [-0.1, -0.05) is 24.3 Å². The molecule has 1 unspecified atom stereocenters. The Kier molecular flexibility index (Phi) is 3.83. The van der Waals surface area contributed by atoms with Crippen molar-refractivity contribution in [1.82, 2.24) is 4.90 Å². The van der Waals surface area contributed by atoms with E-state index in [9.17, 15) is 20.1 Å². The molecule has 5 nitrogen and oxygen atoms in total. The average Bonchev–Trinajstić information content (AvgIpc) is 2.98. The maximum Gasteiger partial charge on any atom is 0.254 e. The molecule has 0 bridgehead atoms. The minimum Gasteiger partial charge on any atom is -0.508 e. The highest BCUT2D eigenvalue weighted by Gasteiger charge is 2.29. The third kappa shape index (κ3) is 2.81. The number of amides is 1. The molecular formula is C18H19NO4. The van der Waals surface area contributed by atoms with E-state index >= 15 is 0 Å². The van der Waals surface area contributed by atoms with E-state index in [1.54, 1.807) is 4.90 Å². The van der Waals surface area contributed by atoms with Crippen molar-refractivity contribution in [3.05, 3.63) is 64.7 Å². The van der Waals surface area contributed by atoms with Gasteiger partial charge in [-0.2, -0.15) is 0 Å². The van der Waals surface area contributed by atoms with Crippen molar-refractivity contribution in [3.63, 3.8) is 0 Å². The third-order valence-corrected chi connectivity index (χ3v) is 4.26. The van der Waals surface area contributed by atoms with Gasteiger partial charge in [-0.3, -0.25) is 4.79 Å². The largest absolute Gasteiger partial charge is 0.508 e. The van der Waals surface area contributed by atoms with Gasteiger partial charge < -0.3 is 20.2 Å². The number of aromatic hydroxyl groups is 1. The first-order chi connectivity index (χ1) is 10.9. The molecule has 23 heavy (non-hydrogen) atoms. The number of rotatable bonds is 3. The molecule has 0 aliphatic carbocycles. The monoisotopic (exact) mass is 313 g/mol. The van der Waals surface area contributed by atoms with Crippen LogP contribution in [0.5, 0.6) is 5.75 Å². The maximum atomic E-state index is 12.7. The summed E-state index contributed by atoms with van der Waals surface area (Å²) in [6, 6.07) is 12.2. The second kappa shape index (κ2) is 5.68.